The van der Waals surface area contributed by atoms with E-state index in [0.717, 1.165) is 33.5 Å². The Morgan fingerprint density at radius 2 is 1.90 bits per heavy atom. The van der Waals surface area contributed by atoms with Crippen molar-refractivity contribution < 1.29 is 9.59 Å². The lowest BCUT2D eigenvalue weighted by molar-refractivity contribution is -0.119. The molecular weight excluding hydrogens is 384 g/mol. The maximum atomic E-state index is 12.8. The predicted octanol–water partition coefficient (Wildman–Crippen LogP) is 3.58. The summed E-state index contributed by atoms with van der Waals surface area (Å²) in [6.07, 6.45) is 2.64. The zero-order chi connectivity index (χ0) is 20.2. The van der Waals surface area contributed by atoms with Gasteiger partial charge in [0.15, 0.2) is 0 Å². The van der Waals surface area contributed by atoms with Gasteiger partial charge < -0.3 is 14.5 Å². The Kier molecular flexibility index (Phi) is 5.67. The summed E-state index contributed by atoms with van der Waals surface area (Å²) in [7, 11) is 0. The molecule has 1 fully saturated rings. The molecule has 2 heterocycles. The number of hydrogen-bond donors (Lipinski definition) is 1. The molecule has 7 heteroatoms. The molecule has 3 aromatic rings. The maximum Gasteiger partial charge on any atom is 0.253 e. The van der Waals surface area contributed by atoms with Crippen LogP contribution >= 0.6 is 11.9 Å². The number of fused-ring (bicyclic) bond motifs is 1. The summed E-state index contributed by atoms with van der Waals surface area (Å²) in [6, 6.07) is 15.8. The largest absolute Gasteiger partial charge is 0.342 e. The minimum absolute atomic E-state index is 0.0103. The van der Waals surface area contributed by atoms with E-state index in [1.807, 2.05) is 55.5 Å². The summed E-state index contributed by atoms with van der Waals surface area (Å²) in [4.78, 5) is 32.6. The molecule has 1 saturated heterocycles. The van der Waals surface area contributed by atoms with E-state index in [9.17, 15) is 9.59 Å². The molecule has 0 saturated carbocycles. The molecule has 0 aliphatic carbocycles. The predicted molar refractivity (Wildman–Crippen MR) is 116 cm³/mol. The van der Waals surface area contributed by atoms with Crippen LogP contribution in [0.4, 0.5) is 5.69 Å². The van der Waals surface area contributed by atoms with Crippen molar-refractivity contribution in [3.05, 3.63) is 65.9 Å². The third-order valence-corrected chi connectivity index (χ3v) is 5.96. The van der Waals surface area contributed by atoms with Crippen LogP contribution in [0.25, 0.3) is 10.9 Å². The Bertz CT molecular complexity index is 1040. The molecule has 0 atom stereocenters. The van der Waals surface area contributed by atoms with Crippen LogP contribution in [-0.2, 0) is 4.79 Å². The first-order valence-electron chi connectivity index (χ1n) is 9.51. The smallest absolute Gasteiger partial charge is 0.253 e. The fourth-order valence-corrected chi connectivity index (χ4v) is 4.26. The first-order chi connectivity index (χ1) is 14.2. The van der Waals surface area contributed by atoms with E-state index in [1.165, 1.54) is 11.9 Å². The molecule has 29 heavy (non-hydrogen) atoms. The molecule has 4 rings (SSSR count). The lowest BCUT2D eigenvalue weighted by atomic mass is 10.1. The quantitative estimate of drug-likeness (QED) is 0.518. The van der Waals surface area contributed by atoms with Crippen LogP contribution < -0.4 is 4.72 Å². The third kappa shape index (κ3) is 4.19. The highest BCUT2D eigenvalue weighted by Gasteiger charge is 2.21. The average Bonchev–Trinajstić information content (AvgIpc) is 2.78. The van der Waals surface area contributed by atoms with Crippen LogP contribution in [0.5, 0.6) is 0 Å². The van der Waals surface area contributed by atoms with Gasteiger partial charge in [-0.2, -0.15) is 0 Å². The summed E-state index contributed by atoms with van der Waals surface area (Å²) in [5.41, 5.74) is 3.60. The third-order valence-electron chi connectivity index (χ3n) is 5.09. The van der Waals surface area contributed by atoms with E-state index in [4.69, 9.17) is 0 Å². The van der Waals surface area contributed by atoms with E-state index in [1.54, 1.807) is 16.0 Å². The normalized spacial score (nSPS) is 14.1. The van der Waals surface area contributed by atoms with Crippen molar-refractivity contribution in [3.8, 4) is 0 Å². The average molecular weight is 407 g/mol. The molecule has 1 aromatic heterocycles. The fraction of sp³-hybridized carbons (Fsp3) is 0.227. The molecule has 1 aliphatic rings. The Balaban J connectivity index is 1.45. The minimum atomic E-state index is 0.0103. The number of aryl methyl sites for hydroxylation is 1. The zero-order valence-electron chi connectivity index (χ0n) is 16.2. The Morgan fingerprint density at radius 1 is 1.10 bits per heavy atom. The van der Waals surface area contributed by atoms with Crippen molar-refractivity contribution in [2.45, 2.75) is 11.8 Å². The molecular formula is C22H22N4O2S. The van der Waals surface area contributed by atoms with Crippen LogP contribution in [-0.4, -0.2) is 53.3 Å². The number of nitrogens with zero attached hydrogens (tertiary/aromatic N) is 3. The van der Waals surface area contributed by atoms with Crippen molar-refractivity contribution in [3.63, 3.8) is 0 Å². The summed E-state index contributed by atoms with van der Waals surface area (Å²) < 4.78 is 3.39. The second-order valence-corrected chi connectivity index (χ2v) is 7.85. The molecule has 1 N–H and O–H groups in total. The number of pyridine rings is 1. The van der Waals surface area contributed by atoms with Crippen LogP contribution in [0.15, 0.2) is 59.6 Å². The van der Waals surface area contributed by atoms with Gasteiger partial charge in [0.25, 0.3) is 5.91 Å². The van der Waals surface area contributed by atoms with E-state index in [2.05, 4.69) is 9.71 Å². The number of benzene rings is 2. The summed E-state index contributed by atoms with van der Waals surface area (Å²) >= 11 is 1.52. The van der Waals surface area contributed by atoms with Gasteiger partial charge in [-0.3, -0.25) is 14.6 Å². The minimum Gasteiger partial charge on any atom is -0.342 e. The molecule has 2 amide bonds. The van der Waals surface area contributed by atoms with Crippen LogP contribution in [0.3, 0.4) is 0 Å². The van der Waals surface area contributed by atoms with Crippen molar-refractivity contribution in [1.82, 2.24) is 14.8 Å². The number of anilines is 1. The monoisotopic (exact) mass is 406 g/mol. The topological polar surface area (TPSA) is 65.5 Å². The Hall–Kier alpha value is -3.06. The molecule has 148 valence electrons. The van der Waals surface area contributed by atoms with Crippen molar-refractivity contribution >= 4 is 40.9 Å². The molecule has 6 nitrogen and oxygen atoms in total. The highest BCUT2D eigenvalue weighted by atomic mass is 32.2. The van der Waals surface area contributed by atoms with Gasteiger partial charge in [-0.05, 0) is 54.8 Å². The summed E-state index contributed by atoms with van der Waals surface area (Å²) in [6.45, 7) is 4.31. The maximum absolute atomic E-state index is 12.8. The number of carbonyl (C=O) groups is 2. The number of para-hydroxylation sites is 1. The van der Waals surface area contributed by atoms with Crippen LogP contribution in [0.2, 0.25) is 0 Å². The standard InChI is InChI=1S/C22H22N4O2S/c1-16-14-18(22(28)26-12-10-25(15-27)11-13-26)7-8-19(16)24-29-20-6-2-4-17-5-3-9-23-21(17)20/h2-9,14-15,24H,10-13H2,1H3. The lowest BCUT2D eigenvalue weighted by Crippen LogP contribution is -2.48. The second-order valence-electron chi connectivity index (χ2n) is 7.00. The van der Waals surface area contributed by atoms with Crippen LogP contribution in [0, 0.1) is 6.92 Å². The zero-order valence-corrected chi connectivity index (χ0v) is 17.0. The van der Waals surface area contributed by atoms with Gasteiger partial charge >= 0.3 is 0 Å². The van der Waals surface area contributed by atoms with Gasteiger partial charge in [0, 0.05) is 49.0 Å². The number of aromatic nitrogens is 1. The summed E-state index contributed by atoms with van der Waals surface area (Å²) in [5, 5.41) is 1.10. The second kappa shape index (κ2) is 8.53. The summed E-state index contributed by atoms with van der Waals surface area (Å²) in [5.74, 6) is 0.0103. The first kappa shape index (κ1) is 19.3. The SMILES string of the molecule is Cc1cc(C(=O)N2CCN(C=O)CC2)ccc1NSc1cccc2cccnc12. The number of rotatable bonds is 5. The Morgan fingerprint density at radius 3 is 2.66 bits per heavy atom. The number of piperazine rings is 1. The van der Waals surface area contributed by atoms with Gasteiger partial charge in [0.1, 0.15) is 0 Å². The van der Waals surface area contributed by atoms with Gasteiger partial charge in [-0.1, -0.05) is 18.2 Å². The highest BCUT2D eigenvalue weighted by molar-refractivity contribution is 8.00. The van der Waals surface area contributed by atoms with Crippen molar-refractivity contribution in [1.29, 1.82) is 0 Å². The van der Waals surface area contributed by atoms with Gasteiger partial charge in [0.2, 0.25) is 6.41 Å². The molecule has 1 aliphatic heterocycles. The first-order valence-corrected chi connectivity index (χ1v) is 10.3. The van der Waals surface area contributed by atoms with Crippen molar-refractivity contribution in [2.24, 2.45) is 0 Å². The lowest BCUT2D eigenvalue weighted by Gasteiger charge is -2.32. The number of hydrogen-bond acceptors (Lipinski definition) is 5. The number of nitrogens with one attached hydrogen (secondary N) is 1. The van der Waals surface area contributed by atoms with Crippen LogP contribution in [0.1, 0.15) is 15.9 Å². The number of carbonyl (C=O) groups excluding carboxylic acids is 2. The molecule has 0 spiro atoms. The Labute approximate surface area is 174 Å². The van der Waals surface area contributed by atoms with E-state index in [-0.39, 0.29) is 5.91 Å². The molecule has 0 bridgehead atoms. The van der Waals surface area contributed by atoms with Gasteiger partial charge in [-0.15, -0.1) is 0 Å². The van der Waals surface area contributed by atoms with E-state index in [0.29, 0.717) is 31.7 Å². The van der Waals surface area contributed by atoms with E-state index >= 15 is 0 Å². The van der Waals surface area contributed by atoms with Gasteiger partial charge in [-0.25, -0.2) is 0 Å². The fourth-order valence-electron chi connectivity index (χ4n) is 3.39. The van der Waals surface area contributed by atoms with E-state index < -0.39 is 0 Å². The highest BCUT2D eigenvalue weighted by Crippen LogP contribution is 2.29. The number of amides is 2. The molecule has 2 aromatic carbocycles. The van der Waals surface area contributed by atoms with Crippen molar-refractivity contribution in [2.75, 3.05) is 30.9 Å². The molecule has 0 radical (unpaired) electrons. The van der Waals surface area contributed by atoms with Gasteiger partial charge in [0.05, 0.1) is 10.4 Å². The molecule has 0 unspecified atom stereocenters.